The molecule has 1 aliphatic carbocycles. The van der Waals surface area contributed by atoms with Gasteiger partial charge in [0.05, 0.1) is 17.1 Å². The van der Waals surface area contributed by atoms with Crippen LogP contribution in [0.4, 0.5) is 11.5 Å². The minimum Gasteiger partial charge on any atom is -0.391 e. The molecule has 0 saturated heterocycles. The Balaban J connectivity index is 1.55. The molecule has 0 aromatic carbocycles. The summed E-state index contributed by atoms with van der Waals surface area (Å²) in [7, 11) is 0. The van der Waals surface area contributed by atoms with Gasteiger partial charge in [-0.05, 0) is 42.9 Å². The van der Waals surface area contributed by atoms with Gasteiger partial charge in [0.15, 0.2) is 0 Å². The Labute approximate surface area is 241 Å². The van der Waals surface area contributed by atoms with Crippen LogP contribution >= 0.6 is 0 Å². The van der Waals surface area contributed by atoms with Crippen LogP contribution in [0.3, 0.4) is 0 Å². The van der Waals surface area contributed by atoms with Gasteiger partial charge in [-0.25, -0.2) is 4.98 Å². The predicted molar refractivity (Wildman–Crippen MR) is 157 cm³/mol. The summed E-state index contributed by atoms with van der Waals surface area (Å²) in [5, 5.41) is 31.2. The second kappa shape index (κ2) is 16.4. The Morgan fingerprint density at radius 3 is 2.49 bits per heavy atom. The number of carbonyl (C=O) groups excluding carboxylic acids is 2. The predicted octanol–water partition coefficient (Wildman–Crippen LogP) is 4.26. The molecule has 4 N–H and O–H groups in total. The third-order valence-corrected chi connectivity index (χ3v) is 7.56. The largest absolute Gasteiger partial charge is 0.391 e. The number of hydrogen-bond acceptors (Lipinski definition) is 8. The van der Waals surface area contributed by atoms with Crippen molar-refractivity contribution in [1.29, 1.82) is 0 Å². The molecule has 41 heavy (non-hydrogen) atoms. The van der Waals surface area contributed by atoms with Crippen LogP contribution in [-0.4, -0.2) is 57.0 Å². The first-order valence-corrected chi connectivity index (χ1v) is 14.4. The van der Waals surface area contributed by atoms with Crippen LogP contribution in [0.1, 0.15) is 69.3 Å². The zero-order valence-corrected chi connectivity index (χ0v) is 23.9. The molecule has 0 radical (unpaired) electrons. The van der Waals surface area contributed by atoms with Gasteiger partial charge in [-0.3, -0.25) is 24.7 Å². The van der Waals surface area contributed by atoms with E-state index in [4.69, 9.17) is 0 Å². The summed E-state index contributed by atoms with van der Waals surface area (Å²) in [6.45, 7) is 4.46. The van der Waals surface area contributed by atoms with Gasteiger partial charge >= 0.3 is 5.69 Å². The van der Waals surface area contributed by atoms with Crippen LogP contribution < -0.4 is 16.0 Å². The number of hydrogen-bond donors (Lipinski definition) is 4. The van der Waals surface area contributed by atoms with E-state index in [9.17, 15) is 24.8 Å². The van der Waals surface area contributed by atoms with Crippen LogP contribution in [0, 0.1) is 27.9 Å². The van der Waals surface area contributed by atoms with Crippen molar-refractivity contribution in [3.8, 4) is 0 Å². The highest BCUT2D eigenvalue weighted by atomic mass is 16.6. The van der Waals surface area contributed by atoms with E-state index in [1.54, 1.807) is 36.5 Å². The lowest BCUT2D eigenvalue weighted by Gasteiger charge is -2.32. The fraction of sp³-hybridized carbons (Fsp3) is 0.533. The molecule has 0 unspecified atom stereocenters. The number of rotatable bonds is 15. The number of pyridine rings is 2. The van der Waals surface area contributed by atoms with Crippen molar-refractivity contribution in [3.63, 3.8) is 0 Å². The highest BCUT2D eigenvalue weighted by Gasteiger charge is 2.32. The lowest BCUT2D eigenvalue weighted by Crippen LogP contribution is -2.47. The number of aliphatic hydroxyl groups excluding tert-OH is 1. The molecule has 0 spiro atoms. The van der Waals surface area contributed by atoms with Gasteiger partial charge in [0.25, 0.3) is 5.91 Å². The molecule has 1 saturated carbocycles. The number of anilines is 1. The zero-order valence-electron chi connectivity index (χ0n) is 23.9. The van der Waals surface area contributed by atoms with Gasteiger partial charge in [-0.1, -0.05) is 64.2 Å². The summed E-state index contributed by atoms with van der Waals surface area (Å²) in [6, 6.07) is 7.54. The number of carbonyl (C=O) groups is 2. The molecule has 3 atom stereocenters. The number of nitro groups is 1. The third-order valence-electron chi connectivity index (χ3n) is 7.56. The van der Waals surface area contributed by atoms with Gasteiger partial charge in [-0.2, -0.15) is 0 Å². The molecule has 2 aromatic rings. The van der Waals surface area contributed by atoms with Gasteiger partial charge < -0.3 is 21.1 Å². The standard InChI is InChI=1S/C30H42N6O5/c1-21(2)23(29(38)34-17-9-8-16-32-28-26(36(40)41)14-10-18-33-28)20-27(37)25(19-22-11-4-3-5-12-22)35-30(39)24-13-6-7-15-31-24/h6-10,13-15,18,21-23,25,27,37H,3-5,11-12,16-17,19-20H2,1-2H3,(H,32,33)(H,34,38)(H,35,39)/t23-,25-,27-/m0/s1. The van der Waals surface area contributed by atoms with E-state index in [2.05, 4.69) is 25.9 Å². The number of nitrogens with one attached hydrogen (secondary N) is 3. The van der Waals surface area contributed by atoms with E-state index in [1.807, 2.05) is 13.8 Å². The van der Waals surface area contributed by atoms with Crippen molar-refractivity contribution < 1.29 is 19.6 Å². The monoisotopic (exact) mass is 566 g/mol. The van der Waals surface area contributed by atoms with E-state index in [-0.39, 0.29) is 42.2 Å². The number of nitrogens with zero attached hydrogens (tertiary/aromatic N) is 3. The molecule has 0 bridgehead atoms. The summed E-state index contributed by atoms with van der Waals surface area (Å²) >= 11 is 0. The molecule has 2 amide bonds. The van der Waals surface area contributed by atoms with Gasteiger partial charge in [-0.15, -0.1) is 0 Å². The van der Waals surface area contributed by atoms with Gasteiger partial charge in [0.1, 0.15) is 5.69 Å². The molecule has 3 rings (SSSR count). The summed E-state index contributed by atoms with van der Waals surface area (Å²) in [5.74, 6) is -0.381. The van der Waals surface area contributed by atoms with E-state index < -0.39 is 23.0 Å². The average molecular weight is 567 g/mol. The summed E-state index contributed by atoms with van der Waals surface area (Å²) in [5.41, 5.74) is 0.191. The van der Waals surface area contributed by atoms with Crippen LogP contribution in [-0.2, 0) is 4.79 Å². The topological polar surface area (TPSA) is 159 Å². The molecule has 0 aliphatic heterocycles. The normalized spacial score (nSPS) is 16.2. The minimum atomic E-state index is -0.892. The molecule has 1 aliphatic rings. The smallest absolute Gasteiger partial charge is 0.311 e. The van der Waals surface area contributed by atoms with E-state index in [1.165, 1.54) is 24.8 Å². The maximum atomic E-state index is 13.1. The Morgan fingerprint density at radius 1 is 1.07 bits per heavy atom. The van der Waals surface area contributed by atoms with E-state index in [0.29, 0.717) is 24.6 Å². The number of aliphatic hydroxyl groups is 1. The van der Waals surface area contributed by atoms with Crippen LogP contribution in [0.15, 0.2) is 54.9 Å². The van der Waals surface area contributed by atoms with Crippen LogP contribution in [0.5, 0.6) is 0 Å². The highest BCUT2D eigenvalue weighted by molar-refractivity contribution is 5.92. The molecular formula is C30H42N6O5. The quantitative estimate of drug-likeness (QED) is 0.141. The summed E-state index contributed by atoms with van der Waals surface area (Å²) < 4.78 is 0. The van der Waals surface area contributed by atoms with Crippen molar-refractivity contribution in [2.45, 2.75) is 70.9 Å². The van der Waals surface area contributed by atoms with Crippen molar-refractivity contribution >= 4 is 23.3 Å². The second-order valence-corrected chi connectivity index (χ2v) is 10.9. The van der Waals surface area contributed by atoms with Crippen LogP contribution in [0.2, 0.25) is 0 Å². The molecule has 11 heteroatoms. The minimum absolute atomic E-state index is 0.0261. The number of amides is 2. The molecular weight excluding hydrogens is 524 g/mol. The first-order chi connectivity index (χ1) is 19.8. The first-order valence-electron chi connectivity index (χ1n) is 14.4. The Bertz CT molecular complexity index is 1150. The lowest BCUT2D eigenvalue weighted by molar-refractivity contribution is -0.384. The third kappa shape index (κ3) is 10.2. The fourth-order valence-electron chi connectivity index (χ4n) is 5.23. The van der Waals surface area contributed by atoms with Gasteiger partial charge in [0, 0.05) is 37.5 Å². The molecule has 2 heterocycles. The average Bonchev–Trinajstić information content (AvgIpc) is 2.98. The van der Waals surface area contributed by atoms with Crippen molar-refractivity contribution in [3.05, 3.63) is 70.7 Å². The van der Waals surface area contributed by atoms with Gasteiger partial charge in [0.2, 0.25) is 11.7 Å². The maximum Gasteiger partial charge on any atom is 0.311 e. The van der Waals surface area contributed by atoms with Crippen molar-refractivity contribution in [2.75, 3.05) is 18.4 Å². The van der Waals surface area contributed by atoms with Crippen molar-refractivity contribution in [2.24, 2.45) is 17.8 Å². The Kier molecular flexibility index (Phi) is 12.7. The second-order valence-electron chi connectivity index (χ2n) is 10.9. The first kappa shape index (κ1) is 31.7. The van der Waals surface area contributed by atoms with Crippen LogP contribution in [0.25, 0.3) is 0 Å². The SMILES string of the molecule is CC(C)[C@H](C[C@H](O)[C@H](CC1CCCCC1)NC(=O)c1ccccn1)C(=O)NCC=CCNc1ncccc1[N+](=O)[O-]. The Hall–Kier alpha value is -3.86. The Morgan fingerprint density at radius 2 is 1.80 bits per heavy atom. The fourth-order valence-corrected chi connectivity index (χ4v) is 5.23. The molecule has 11 nitrogen and oxygen atoms in total. The van der Waals surface area contributed by atoms with Crippen molar-refractivity contribution in [1.82, 2.24) is 20.6 Å². The lowest BCUT2D eigenvalue weighted by atomic mass is 9.81. The molecule has 2 aromatic heterocycles. The zero-order chi connectivity index (χ0) is 29.6. The van der Waals surface area contributed by atoms with E-state index in [0.717, 1.165) is 25.7 Å². The molecule has 222 valence electrons. The highest BCUT2D eigenvalue weighted by Crippen LogP contribution is 2.30. The number of aromatic nitrogens is 2. The molecule has 1 fully saturated rings. The summed E-state index contributed by atoms with van der Waals surface area (Å²) in [6.07, 6.45) is 12.2. The van der Waals surface area contributed by atoms with E-state index >= 15 is 0 Å². The summed E-state index contributed by atoms with van der Waals surface area (Å²) in [4.78, 5) is 44.7. The maximum absolute atomic E-state index is 13.1.